The largest absolute Gasteiger partial charge is 0.365 e. The van der Waals surface area contributed by atoms with Crippen LogP contribution in [0.25, 0.3) is 6.08 Å². The molecule has 8 heteroatoms. The second-order valence-corrected chi connectivity index (χ2v) is 12.0. The third-order valence-corrected chi connectivity index (χ3v) is 8.59. The van der Waals surface area contributed by atoms with Crippen LogP contribution in [0, 0.1) is 12.7 Å². The maximum absolute atomic E-state index is 13.1. The van der Waals surface area contributed by atoms with Crippen molar-refractivity contribution in [2.45, 2.75) is 43.0 Å². The number of benzene rings is 4. The Balaban J connectivity index is 1.35. The van der Waals surface area contributed by atoms with Crippen LogP contribution in [-0.2, 0) is 19.0 Å². The molecule has 3 atom stereocenters. The first-order valence-electron chi connectivity index (χ1n) is 13.1. The zero-order valence-corrected chi connectivity index (χ0v) is 23.8. The third-order valence-electron chi connectivity index (χ3n) is 6.96. The van der Waals surface area contributed by atoms with E-state index in [2.05, 4.69) is 0 Å². The summed E-state index contributed by atoms with van der Waals surface area (Å²) >= 11 is 6.08. The van der Waals surface area contributed by atoms with Gasteiger partial charge in [-0.2, -0.15) is 8.42 Å². The zero-order valence-electron chi connectivity index (χ0n) is 22.2. The molecular weight excluding hydrogens is 563 g/mol. The molecule has 3 unspecified atom stereocenters. The maximum Gasteiger partial charge on any atom is 0.297 e. The lowest BCUT2D eigenvalue weighted by atomic mass is 9.92. The molecule has 0 amide bonds. The van der Waals surface area contributed by atoms with E-state index in [1.807, 2.05) is 43.3 Å². The van der Waals surface area contributed by atoms with Gasteiger partial charge in [-0.15, -0.1) is 0 Å². The average molecular weight is 591 g/mol. The van der Waals surface area contributed by atoms with Crippen LogP contribution in [-0.4, -0.2) is 20.3 Å². The van der Waals surface area contributed by atoms with E-state index in [4.69, 9.17) is 20.5 Å². The fourth-order valence-electron chi connectivity index (χ4n) is 4.71. The summed E-state index contributed by atoms with van der Waals surface area (Å²) in [5.74, 6) is -0.630. The third kappa shape index (κ3) is 7.37. The predicted molar refractivity (Wildman–Crippen MR) is 157 cm³/mol. The van der Waals surface area contributed by atoms with Crippen molar-refractivity contribution in [1.82, 2.24) is 0 Å². The first-order chi connectivity index (χ1) is 19.7. The summed E-state index contributed by atoms with van der Waals surface area (Å²) in [7, 11) is -3.98. The Labute approximate surface area is 244 Å². The number of hydrogen-bond acceptors (Lipinski definition) is 5. The minimum atomic E-state index is -3.98. The van der Waals surface area contributed by atoms with Gasteiger partial charge in [0.25, 0.3) is 10.1 Å². The van der Waals surface area contributed by atoms with Crippen molar-refractivity contribution in [2.75, 3.05) is 0 Å². The molecule has 1 fully saturated rings. The predicted octanol–water partition coefficient (Wildman–Crippen LogP) is 8.05. The molecule has 1 heterocycles. The van der Waals surface area contributed by atoms with Crippen molar-refractivity contribution in [3.8, 4) is 0 Å². The van der Waals surface area contributed by atoms with Gasteiger partial charge in [-0.1, -0.05) is 71.8 Å². The van der Waals surface area contributed by atoms with Crippen molar-refractivity contribution in [3.63, 3.8) is 0 Å². The lowest BCUT2D eigenvalue weighted by Gasteiger charge is -2.35. The highest BCUT2D eigenvalue weighted by molar-refractivity contribution is 7.86. The summed E-state index contributed by atoms with van der Waals surface area (Å²) in [6.07, 6.45) is 2.37. The number of rotatable bonds is 8. The highest BCUT2D eigenvalue weighted by atomic mass is 35.5. The van der Waals surface area contributed by atoms with Crippen LogP contribution in [0.15, 0.2) is 108 Å². The van der Waals surface area contributed by atoms with Gasteiger partial charge in [0, 0.05) is 23.4 Å². The van der Waals surface area contributed by atoms with Crippen molar-refractivity contribution in [2.24, 2.45) is 0 Å². The molecule has 0 saturated carbocycles. The van der Waals surface area contributed by atoms with Crippen molar-refractivity contribution < 1.29 is 26.5 Å². The minimum Gasteiger partial charge on any atom is -0.365 e. The van der Waals surface area contributed by atoms with Crippen molar-refractivity contribution in [3.05, 3.63) is 142 Å². The molecule has 0 bridgehead atoms. The van der Waals surface area contributed by atoms with Gasteiger partial charge >= 0.3 is 0 Å². The number of halogens is 2. The lowest BCUT2D eigenvalue weighted by molar-refractivity contribution is -0.0920. The molecule has 41 heavy (non-hydrogen) atoms. The van der Waals surface area contributed by atoms with E-state index in [0.29, 0.717) is 23.4 Å². The normalized spacial score (nSPS) is 19.3. The highest BCUT2D eigenvalue weighted by Crippen LogP contribution is 2.41. The first kappa shape index (κ1) is 28.9. The molecule has 1 aliphatic rings. The quantitative estimate of drug-likeness (QED) is 0.118. The van der Waals surface area contributed by atoms with Gasteiger partial charge in [-0.05, 0) is 78.2 Å². The Hall–Kier alpha value is -3.62. The Morgan fingerprint density at radius 3 is 2.00 bits per heavy atom. The topological polar surface area (TPSA) is 69.7 Å². The minimum absolute atomic E-state index is 0.112. The van der Waals surface area contributed by atoms with Crippen LogP contribution in [0.1, 0.15) is 57.7 Å². The smallest absolute Gasteiger partial charge is 0.297 e. The number of carbonyl (C=O) groups is 1. The SMILES string of the molecule is Cc1ccc(S(=O)(=O)OC2CC(c3ccc(Cl)cc3)OC(c3ccc(/C=C/C(=O)c4ccc(F)cc4)cc3)C2)cc1. The van der Waals surface area contributed by atoms with Gasteiger partial charge < -0.3 is 4.74 Å². The molecule has 1 saturated heterocycles. The number of hydrogen-bond donors (Lipinski definition) is 0. The lowest BCUT2D eigenvalue weighted by Crippen LogP contribution is -2.30. The van der Waals surface area contributed by atoms with Crippen LogP contribution in [0.3, 0.4) is 0 Å². The molecule has 0 radical (unpaired) electrons. The van der Waals surface area contributed by atoms with E-state index in [1.54, 1.807) is 42.5 Å². The van der Waals surface area contributed by atoms with E-state index in [1.165, 1.54) is 30.3 Å². The monoisotopic (exact) mass is 590 g/mol. The van der Waals surface area contributed by atoms with Crippen LogP contribution < -0.4 is 0 Å². The summed E-state index contributed by atoms with van der Waals surface area (Å²) in [5, 5.41) is 0.595. The molecule has 4 aromatic carbocycles. The number of allylic oxidation sites excluding steroid dienone is 1. The van der Waals surface area contributed by atoms with Gasteiger partial charge in [-0.3, -0.25) is 8.98 Å². The van der Waals surface area contributed by atoms with Gasteiger partial charge in [0.05, 0.1) is 23.2 Å². The van der Waals surface area contributed by atoms with E-state index in [0.717, 1.165) is 22.3 Å². The van der Waals surface area contributed by atoms with Gasteiger partial charge in [0.15, 0.2) is 5.78 Å². The molecule has 5 rings (SSSR count). The van der Waals surface area contributed by atoms with E-state index in [9.17, 15) is 17.6 Å². The molecule has 1 aliphatic heterocycles. The van der Waals surface area contributed by atoms with E-state index >= 15 is 0 Å². The highest BCUT2D eigenvalue weighted by Gasteiger charge is 2.35. The van der Waals surface area contributed by atoms with Crippen molar-refractivity contribution >= 4 is 33.6 Å². The molecule has 0 aliphatic carbocycles. The van der Waals surface area contributed by atoms with Gasteiger partial charge in [-0.25, -0.2) is 4.39 Å². The Bertz CT molecular complexity index is 1630. The van der Waals surface area contributed by atoms with Crippen LogP contribution in [0.2, 0.25) is 5.02 Å². The Morgan fingerprint density at radius 2 is 1.41 bits per heavy atom. The first-order valence-corrected chi connectivity index (χ1v) is 14.9. The van der Waals surface area contributed by atoms with Gasteiger partial charge in [0.1, 0.15) is 5.82 Å². The summed E-state index contributed by atoms with van der Waals surface area (Å²) in [5.41, 5.74) is 3.88. The molecule has 210 valence electrons. The molecule has 0 aromatic heterocycles. The van der Waals surface area contributed by atoms with E-state index in [-0.39, 0.29) is 10.7 Å². The van der Waals surface area contributed by atoms with Gasteiger partial charge in [0.2, 0.25) is 0 Å². The van der Waals surface area contributed by atoms with Crippen molar-refractivity contribution in [1.29, 1.82) is 0 Å². The van der Waals surface area contributed by atoms with E-state index < -0.39 is 34.2 Å². The molecule has 4 aromatic rings. The molecule has 0 N–H and O–H groups in total. The van der Waals surface area contributed by atoms with Crippen LogP contribution in [0.4, 0.5) is 4.39 Å². The summed E-state index contributed by atoms with van der Waals surface area (Å²) < 4.78 is 51.6. The fourth-order valence-corrected chi connectivity index (χ4v) is 5.93. The summed E-state index contributed by atoms with van der Waals surface area (Å²) in [4.78, 5) is 12.5. The second-order valence-electron chi connectivity index (χ2n) is 9.99. The number of ketones is 1. The zero-order chi connectivity index (χ0) is 29.0. The Kier molecular flexibility index (Phi) is 8.80. The molecular formula is C33H28ClFO5S. The standard InChI is InChI=1S/C33H28ClFO5S/c1-22-2-17-30(18-3-22)41(37,38)40-29-20-32(39-33(21-29)26-9-13-27(34)14-10-26)25-7-4-23(5-8-25)6-19-31(36)24-11-15-28(35)16-12-24/h2-19,29,32-33H,20-21H2,1H3/b19-6+. The Morgan fingerprint density at radius 1 is 0.854 bits per heavy atom. The second kappa shape index (κ2) is 12.5. The number of ether oxygens (including phenoxy) is 1. The average Bonchev–Trinajstić information content (AvgIpc) is 2.97. The number of carbonyl (C=O) groups excluding carboxylic acids is 1. The maximum atomic E-state index is 13.1. The number of aryl methyl sites for hydroxylation is 1. The fraction of sp³-hybridized carbons (Fsp3) is 0.182. The van der Waals surface area contributed by atoms with Crippen LogP contribution >= 0.6 is 11.6 Å². The summed E-state index contributed by atoms with van der Waals surface area (Å²) in [6.45, 7) is 1.89. The van der Waals surface area contributed by atoms with Crippen LogP contribution in [0.5, 0.6) is 0 Å². The summed E-state index contributed by atoms with van der Waals surface area (Å²) in [6, 6.07) is 26.7. The molecule has 5 nitrogen and oxygen atoms in total. The molecule has 0 spiro atoms.